The van der Waals surface area contributed by atoms with E-state index in [9.17, 15) is 13.6 Å². The minimum atomic E-state index is -0.325. The van der Waals surface area contributed by atoms with E-state index in [2.05, 4.69) is 5.32 Å². The van der Waals surface area contributed by atoms with Crippen LogP contribution < -0.4 is 10.1 Å². The molecular formula is C21H19F2NO3. The standard InChI is InChI=1S/C21H19F2NO3/c1-12(20-10-13-8-16(23)4-7-19(13)27-20)24-21(25)18-9-14(18)11-26-17-5-2-15(22)3-6-17/h2-8,10,12,14,18H,9,11H2,1H3,(H,24,25)/t12?,14-,18+/m1/s1. The number of fused-ring (bicyclic) bond motifs is 1. The number of hydrogen-bond acceptors (Lipinski definition) is 3. The Hall–Kier alpha value is -2.89. The molecule has 1 N–H and O–H groups in total. The number of benzene rings is 2. The Morgan fingerprint density at radius 2 is 1.93 bits per heavy atom. The summed E-state index contributed by atoms with van der Waals surface area (Å²) in [5.74, 6) is 0.527. The molecule has 1 aliphatic carbocycles. The van der Waals surface area contributed by atoms with Gasteiger partial charge < -0.3 is 14.5 Å². The smallest absolute Gasteiger partial charge is 0.224 e. The summed E-state index contributed by atoms with van der Waals surface area (Å²) in [6, 6.07) is 11.6. The topological polar surface area (TPSA) is 51.5 Å². The minimum Gasteiger partial charge on any atom is -0.493 e. The van der Waals surface area contributed by atoms with E-state index in [1.165, 1.54) is 24.3 Å². The quantitative estimate of drug-likeness (QED) is 0.689. The second kappa shape index (κ2) is 7.02. The second-order valence-electron chi connectivity index (χ2n) is 6.93. The molecule has 1 amide bonds. The largest absolute Gasteiger partial charge is 0.493 e. The molecule has 140 valence electrons. The maximum Gasteiger partial charge on any atom is 0.224 e. The van der Waals surface area contributed by atoms with Crippen LogP contribution in [0.25, 0.3) is 11.0 Å². The van der Waals surface area contributed by atoms with Gasteiger partial charge in [0.15, 0.2) is 0 Å². The number of carbonyl (C=O) groups excluding carboxylic acids is 1. The van der Waals surface area contributed by atoms with E-state index in [-0.39, 0.29) is 35.4 Å². The van der Waals surface area contributed by atoms with Gasteiger partial charge in [-0.1, -0.05) is 0 Å². The van der Waals surface area contributed by atoms with Crippen molar-refractivity contribution in [2.75, 3.05) is 6.61 Å². The van der Waals surface area contributed by atoms with E-state index in [0.29, 0.717) is 29.1 Å². The van der Waals surface area contributed by atoms with Crippen molar-refractivity contribution < 1.29 is 22.7 Å². The molecule has 1 aliphatic rings. The molecule has 0 aliphatic heterocycles. The summed E-state index contributed by atoms with van der Waals surface area (Å²) in [6.45, 7) is 2.25. The van der Waals surface area contributed by atoms with Crippen LogP contribution in [0, 0.1) is 23.5 Å². The predicted octanol–water partition coefficient (Wildman–Crippen LogP) is 4.60. The first-order valence-corrected chi connectivity index (χ1v) is 8.87. The summed E-state index contributed by atoms with van der Waals surface area (Å²) in [6.07, 6.45) is 0.755. The molecule has 1 fully saturated rings. The van der Waals surface area contributed by atoms with Gasteiger partial charge in [0.05, 0.1) is 12.6 Å². The van der Waals surface area contributed by atoms with E-state index in [1.54, 1.807) is 24.3 Å². The summed E-state index contributed by atoms with van der Waals surface area (Å²) >= 11 is 0. The van der Waals surface area contributed by atoms with Crippen molar-refractivity contribution in [2.45, 2.75) is 19.4 Å². The van der Waals surface area contributed by atoms with E-state index in [1.807, 2.05) is 6.92 Å². The van der Waals surface area contributed by atoms with Gasteiger partial charge in [-0.25, -0.2) is 8.78 Å². The van der Waals surface area contributed by atoms with Crippen LogP contribution in [0.4, 0.5) is 8.78 Å². The summed E-state index contributed by atoms with van der Waals surface area (Å²) in [4.78, 5) is 12.4. The van der Waals surface area contributed by atoms with Gasteiger partial charge in [0.25, 0.3) is 0 Å². The fraction of sp³-hybridized carbons (Fsp3) is 0.286. The Balaban J connectivity index is 1.30. The van der Waals surface area contributed by atoms with Crippen LogP contribution >= 0.6 is 0 Å². The average Bonchev–Trinajstić information content (AvgIpc) is 3.31. The maximum absolute atomic E-state index is 13.3. The molecule has 1 unspecified atom stereocenters. The highest BCUT2D eigenvalue weighted by molar-refractivity contribution is 5.82. The second-order valence-corrected chi connectivity index (χ2v) is 6.93. The van der Waals surface area contributed by atoms with Crippen molar-refractivity contribution in [3.63, 3.8) is 0 Å². The summed E-state index contributed by atoms with van der Waals surface area (Å²) in [5.41, 5.74) is 0.587. The first-order valence-electron chi connectivity index (χ1n) is 8.87. The molecule has 27 heavy (non-hydrogen) atoms. The summed E-state index contributed by atoms with van der Waals surface area (Å²) in [7, 11) is 0. The molecule has 1 heterocycles. The number of rotatable bonds is 6. The van der Waals surface area contributed by atoms with Crippen molar-refractivity contribution in [1.82, 2.24) is 5.32 Å². The molecular weight excluding hydrogens is 352 g/mol. The molecule has 3 atom stereocenters. The molecule has 0 radical (unpaired) electrons. The normalized spacial score (nSPS) is 19.7. The first-order chi connectivity index (χ1) is 13.0. The molecule has 0 saturated heterocycles. The highest BCUT2D eigenvalue weighted by Gasteiger charge is 2.43. The lowest BCUT2D eigenvalue weighted by Gasteiger charge is -2.11. The lowest BCUT2D eigenvalue weighted by Crippen LogP contribution is -2.28. The third kappa shape index (κ3) is 3.94. The van der Waals surface area contributed by atoms with E-state index in [0.717, 1.165) is 6.42 Å². The molecule has 2 aromatic carbocycles. The molecule has 1 saturated carbocycles. The van der Waals surface area contributed by atoms with E-state index in [4.69, 9.17) is 9.15 Å². The van der Waals surface area contributed by atoms with Crippen LogP contribution in [-0.4, -0.2) is 12.5 Å². The Morgan fingerprint density at radius 1 is 1.19 bits per heavy atom. The lowest BCUT2D eigenvalue weighted by atomic mass is 10.2. The Kier molecular flexibility index (Phi) is 4.56. The van der Waals surface area contributed by atoms with Gasteiger partial charge in [0.2, 0.25) is 5.91 Å². The van der Waals surface area contributed by atoms with Gasteiger partial charge in [-0.15, -0.1) is 0 Å². The molecule has 0 bridgehead atoms. The van der Waals surface area contributed by atoms with Gasteiger partial charge in [-0.05, 0) is 61.9 Å². The van der Waals surface area contributed by atoms with Crippen molar-refractivity contribution >= 4 is 16.9 Å². The highest BCUT2D eigenvalue weighted by atomic mass is 19.1. The maximum atomic E-state index is 13.3. The molecule has 4 nitrogen and oxygen atoms in total. The molecule has 0 spiro atoms. The Bertz CT molecular complexity index is 967. The number of nitrogens with one attached hydrogen (secondary N) is 1. The van der Waals surface area contributed by atoms with Crippen molar-refractivity contribution in [1.29, 1.82) is 0 Å². The van der Waals surface area contributed by atoms with Gasteiger partial charge in [0, 0.05) is 17.2 Å². The summed E-state index contributed by atoms with van der Waals surface area (Å²) in [5, 5.41) is 3.61. The van der Waals surface area contributed by atoms with E-state index >= 15 is 0 Å². The minimum absolute atomic E-state index is 0.0538. The first kappa shape index (κ1) is 17.5. The van der Waals surface area contributed by atoms with Crippen molar-refractivity contribution in [3.8, 4) is 5.75 Å². The number of amides is 1. The van der Waals surface area contributed by atoms with Crippen LogP contribution in [0.3, 0.4) is 0 Å². The summed E-state index contributed by atoms with van der Waals surface area (Å²) < 4.78 is 37.5. The lowest BCUT2D eigenvalue weighted by molar-refractivity contribution is -0.123. The molecule has 1 aromatic heterocycles. The number of hydrogen-bond donors (Lipinski definition) is 1. The zero-order valence-corrected chi connectivity index (χ0v) is 14.7. The zero-order valence-electron chi connectivity index (χ0n) is 14.7. The Labute approximate surface area is 155 Å². The number of ether oxygens (including phenoxy) is 1. The Morgan fingerprint density at radius 3 is 2.70 bits per heavy atom. The third-order valence-electron chi connectivity index (χ3n) is 4.82. The zero-order chi connectivity index (χ0) is 19.0. The predicted molar refractivity (Wildman–Crippen MR) is 96.2 cm³/mol. The van der Waals surface area contributed by atoms with Crippen LogP contribution in [0.5, 0.6) is 5.75 Å². The monoisotopic (exact) mass is 371 g/mol. The SMILES string of the molecule is CC(NC(=O)[C@H]1C[C@@H]1COc1ccc(F)cc1)c1cc2cc(F)ccc2o1. The van der Waals surface area contributed by atoms with Crippen molar-refractivity contribution in [2.24, 2.45) is 11.8 Å². The van der Waals surface area contributed by atoms with Gasteiger partial charge in [-0.3, -0.25) is 4.79 Å². The third-order valence-corrected chi connectivity index (χ3v) is 4.82. The molecule has 4 rings (SSSR count). The van der Waals surface area contributed by atoms with Crippen LogP contribution in [0.1, 0.15) is 25.1 Å². The van der Waals surface area contributed by atoms with Crippen LogP contribution in [-0.2, 0) is 4.79 Å². The number of furan rings is 1. The fourth-order valence-electron chi connectivity index (χ4n) is 3.13. The van der Waals surface area contributed by atoms with E-state index < -0.39 is 0 Å². The van der Waals surface area contributed by atoms with Crippen LogP contribution in [0.15, 0.2) is 52.9 Å². The molecule has 6 heteroatoms. The number of carbonyl (C=O) groups is 1. The van der Waals surface area contributed by atoms with Gasteiger partial charge in [0.1, 0.15) is 28.7 Å². The highest BCUT2D eigenvalue weighted by Crippen LogP contribution is 2.39. The average molecular weight is 371 g/mol. The van der Waals surface area contributed by atoms with Gasteiger partial charge in [-0.2, -0.15) is 0 Å². The fourth-order valence-corrected chi connectivity index (χ4v) is 3.13. The molecule has 3 aromatic rings. The van der Waals surface area contributed by atoms with Crippen LogP contribution in [0.2, 0.25) is 0 Å². The number of halogens is 2. The van der Waals surface area contributed by atoms with Gasteiger partial charge >= 0.3 is 0 Å². The van der Waals surface area contributed by atoms with Crippen molar-refractivity contribution in [3.05, 3.63) is 65.9 Å².